The summed E-state index contributed by atoms with van der Waals surface area (Å²) in [6, 6.07) is 13.6. The van der Waals surface area contributed by atoms with Gasteiger partial charge in [0.2, 0.25) is 0 Å². The van der Waals surface area contributed by atoms with Gasteiger partial charge in [-0.25, -0.2) is 4.79 Å². The monoisotopic (exact) mass is 298 g/mol. The lowest BCUT2D eigenvalue weighted by Gasteiger charge is -2.19. The summed E-state index contributed by atoms with van der Waals surface area (Å²) in [5, 5.41) is 0.721. The van der Waals surface area contributed by atoms with Crippen molar-refractivity contribution in [2.75, 3.05) is 7.11 Å². The zero-order chi connectivity index (χ0) is 14.8. The van der Waals surface area contributed by atoms with Crippen molar-refractivity contribution in [2.24, 2.45) is 0 Å². The Morgan fingerprint density at radius 2 is 1.90 bits per heavy atom. The molecule has 0 bridgehead atoms. The molecule has 0 heterocycles. The van der Waals surface area contributed by atoms with Crippen molar-refractivity contribution >= 4 is 23.1 Å². The normalized spacial score (nSPS) is 13.3. The van der Waals surface area contributed by atoms with Crippen LogP contribution in [0.25, 0.3) is 5.57 Å². The average molecular weight is 299 g/mol. The van der Waals surface area contributed by atoms with E-state index < -0.39 is 0 Å². The number of carbonyl (C=O) groups is 1. The number of halogens is 1. The molecule has 1 aliphatic rings. The maximum atomic E-state index is 11.7. The number of ether oxygens (including phenoxy) is 1. The molecule has 0 aliphatic heterocycles. The van der Waals surface area contributed by atoms with Gasteiger partial charge in [-0.2, -0.15) is 0 Å². The maximum Gasteiger partial charge on any atom is 0.337 e. The fourth-order valence-electron chi connectivity index (χ4n) is 2.67. The van der Waals surface area contributed by atoms with E-state index in [0.717, 1.165) is 34.6 Å². The Kier molecular flexibility index (Phi) is 3.80. The van der Waals surface area contributed by atoms with E-state index in [2.05, 4.69) is 6.08 Å². The Labute approximate surface area is 129 Å². The van der Waals surface area contributed by atoms with Crippen LogP contribution >= 0.6 is 11.6 Å². The third kappa shape index (κ3) is 2.72. The largest absolute Gasteiger partial charge is 0.465 e. The second-order valence-corrected chi connectivity index (χ2v) is 5.46. The molecule has 0 radical (unpaired) electrons. The first-order chi connectivity index (χ1) is 10.2. The number of hydrogen-bond acceptors (Lipinski definition) is 2. The molecule has 0 spiro atoms. The number of aryl methyl sites for hydroxylation is 1. The quantitative estimate of drug-likeness (QED) is 0.763. The molecule has 3 heteroatoms. The van der Waals surface area contributed by atoms with Gasteiger partial charge in [0.25, 0.3) is 0 Å². The molecule has 0 N–H and O–H groups in total. The molecule has 2 aromatic carbocycles. The second kappa shape index (κ2) is 5.74. The van der Waals surface area contributed by atoms with Crippen LogP contribution in [0.1, 0.15) is 33.5 Å². The van der Waals surface area contributed by atoms with E-state index in [1.165, 1.54) is 12.7 Å². The summed E-state index contributed by atoms with van der Waals surface area (Å²) in [5.41, 5.74) is 5.21. The van der Waals surface area contributed by atoms with Crippen LogP contribution in [0.5, 0.6) is 0 Å². The predicted octanol–water partition coefficient (Wildman–Crippen LogP) is 4.50. The number of hydrogen-bond donors (Lipinski definition) is 0. The summed E-state index contributed by atoms with van der Waals surface area (Å²) in [6.07, 6.45) is 4.21. The summed E-state index contributed by atoms with van der Waals surface area (Å²) >= 11 is 5.96. The van der Waals surface area contributed by atoms with E-state index in [4.69, 9.17) is 16.3 Å². The average Bonchev–Trinajstić information content (AvgIpc) is 2.54. The molecule has 21 heavy (non-hydrogen) atoms. The molecule has 0 saturated carbocycles. The summed E-state index contributed by atoms with van der Waals surface area (Å²) in [7, 11) is 1.40. The molecule has 2 nitrogen and oxygen atoms in total. The first-order valence-corrected chi connectivity index (χ1v) is 7.24. The lowest BCUT2D eigenvalue weighted by Crippen LogP contribution is -2.06. The Morgan fingerprint density at radius 1 is 1.14 bits per heavy atom. The van der Waals surface area contributed by atoms with Crippen LogP contribution in [0.15, 0.2) is 48.5 Å². The van der Waals surface area contributed by atoms with Crippen molar-refractivity contribution in [1.29, 1.82) is 0 Å². The SMILES string of the molecule is COC(=O)c1ccc2c(c1)C(c1ccc(Cl)cc1)=CCC2. The predicted molar refractivity (Wildman–Crippen MR) is 84.6 cm³/mol. The molecule has 106 valence electrons. The number of benzene rings is 2. The van der Waals surface area contributed by atoms with Gasteiger partial charge in [-0.1, -0.05) is 35.9 Å². The van der Waals surface area contributed by atoms with Crippen LogP contribution in [0.3, 0.4) is 0 Å². The van der Waals surface area contributed by atoms with E-state index in [1.54, 1.807) is 0 Å². The summed E-state index contributed by atoms with van der Waals surface area (Å²) in [5.74, 6) is -0.307. The van der Waals surface area contributed by atoms with Crippen LogP contribution < -0.4 is 0 Å². The number of methoxy groups -OCH3 is 1. The smallest absolute Gasteiger partial charge is 0.337 e. The third-order valence-corrected chi connectivity index (χ3v) is 3.99. The first-order valence-electron chi connectivity index (χ1n) is 6.87. The number of carbonyl (C=O) groups excluding carboxylic acids is 1. The number of rotatable bonds is 2. The fraction of sp³-hybridized carbons (Fsp3) is 0.167. The highest BCUT2D eigenvalue weighted by Gasteiger charge is 2.17. The van der Waals surface area contributed by atoms with E-state index in [-0.39, 0.29) is 5.97 Å². The van der Waals surface area contributed by atoms with Crippen molar-refractivity contribution in [2.45, 2.75) is 12.8 Å². The molecule has 0 amide bonds. The van der Waals surface area contributed by atoms with Crippen molar-refractivity contribution in [3.63, 3.8) is 0 Å². The minimum atomic E-state index is -0.307. The summed E-state index contributed by atoms with van der Waals surface area (Å²) < 4.78 is 4.81. The van der Waals surface area contributed by atoms with Crippen LogP contribution in [0, 0.1) is 0 Å². The van der Waals surface area contributed by atoms with Crippen molar-refractivity contribution < 1.29 is 9.53 Å². The zero-order valence-electron chi connectivity index (χ0n) is 11.7. The molecular weight excluding hydrogens is 284 g/mol. The van der Waals surface area contributed by atoms with Crippen molar-refractivity contribution in [3.05, 3.63) is 75.8 Å². The standard InChI is InChI=1S/C18H15ClO2/c1-21-18(20)14-6-5-12-3-2-4-16(17(12)11-14)13-7-9-15(19)10-8-13/h4-11H,2-3H2,1H3. The van der Waals surface area contributed by atoms with E-state index >= 15 is 0 Å². The Balaban J connectivity index is 2.08. The van der Waals surface area contributed by atoms with Gasteiger partial charge in [-0.05, 0) is 59.4 Å². The van der Waals surface area contributed by atoms with Crippen LogP contribution in [0.2, 0.25) is 5.02 Å². The van der Waals surface area contributed by atoms with Gasteiger partial charge in [-0.3, -0.25) is 0 Å². The Hall–Kier alpha value is -2.06. The molecule has 0 unspecified atom stereocenters. The highest BCUT2D eigenvalue weighted by molar-refractivity contribution is 6.30. The van der Waals surface area contributed by atoms with Crippen LogP contribution in [0.4, 0.5) is 0 Å². The van der Waals surface area contributed by atoms with Crippen LogP contribution in [-0.2, 0) is 11.2 Å². The van der Waals surface area contributed by atoms with E-state index in [1.807, 2.05) is 42.5 Å². The zero-order valence-corrected chi connectivity index (χ0v) is 12.5. The minimum absolute atomic E-state index is 0.307. The minimum Gasteiger partial charge on any atom is -0.465 e. The van der Waals surface area contributed by atoms with Gasteiger partial charge in [0.15, 0.2) is 0 Å². The van der Waals surface area contributed by atoms with Gasteiger partial charge in [0, 0.05) is 5.02 Å². The topological polar surface area (TPSA) is 26.3 Å². The lowest BCUT2D eigenvalue weighted by molar-refractivity contribution is 0.0600. The van der Waals surface area contributed by atoms with E-state index in [0.29, 0.717) is 5.56 Å². The second-order valence-electron chi connectivity index (χ2n) is 5.03. The van der Waals surface area contributed by atoms with Gasteiger partial charge >= 0.3 is 5.97 Å². The van der Waals surface area contributed by atoms with Gasteiger partial charge in [-0.15, -0.1) is 0 Å². The Bertz CT molecular complexity index is 714. The lowest BCUT2D eigenvalue weighted by atomic mass is 9.86. The summed E-state index contributed by atoms with van der Waals surface area (Å²) in [4.78, 5) is 11.7. The van der Waals surface area contributed by atoms with Gasteiger partial charge < -0.3 is 4.74 Å². The van der Waals surface area contributed by atoms with Gasteiger partial charge in [0.1, 0.15) is 0 Å². The van der Waals surface area contributed by atoms with Crippen LogP contribution in [-0.4, -0.2) is 13.1 Å². The molecule has 2 aromatic rings. The third-order valence-electron chi connectivity index (χ3n) is 3.74. The fourth-order valence-corrected chi connectivity index (χ4v) is 2.80. The number of fused-ring (bicyclic) bond motifs is 1. The molecule has 3 rings (SSSR count). The highest BCUT2D eigenvalue weighted by Crippen LogP contribution is 2.33. The molecule has 0 atom stereocenters. The number of esters is 1. The molecule has 0 aromatic heterocycles. The highest BCUT2D eigenvalue weighted by atomic mass is 35.5. The first kappa shape index (κ1) is 13.9. The van der Waals surface area contributed by atoms with Gasteiger partial charge in [0.05, 0.1) is 12.7 Å². The van der Waals surface area contributed by atoms with Crippen molar-refractivity contribution in [3.8, 4) is 0 Å². The molecule has 0 saturated heterocycles. The maximum absolute atomic E-state index is 11.7. The van der Waals surface area contributed by atoms with Crippen molar-refractivity contribution in [1.82, 2.24) is 0 Å². The summed E-state index contributed by atoms with van der Waals surface area (Å²) in [6.45, 7) is 0. The number of allylic oxidation sites excluding steroid dienone is 1. The molecular formula is C18H15ClO2. The Morgan fingerprint density at radius 3 is 2.62 bits per heavy atom. The molecule has 1 aliphatic carbocycles. The van der Waals surface area contributed by atoms with E-state index in [9.17, 15) is 4.79 Å². The molecule has 0 fully saturated rings.